The number of nitrogens with one attached hydrogen (secondary N) is 1. The van der Waals surface area contributed by atoms with Crippen LogP contribution in [0.4, 0.5) is 11.4 Å². The van der Waals surface area contributed by atoms with Crippen molar-refractivity contribution in [2.24, 2.45) is 0 Å². The summed E-state index contributed by atoms with van der Waals surface area (Å²) in [5.41, 5.74) is 7.77. The molecule has 0 aliphatic carbocycles. The Kier molecular flexibility index (Phi) is 3.50. The summed E-state index contributed by atoms with van der Waals surface area (Å²) in [4.78, 5) is 2.34. The van der Waals surface area contributed by atoms with Gasteiger partial charge in [-0.25, -0.2) is 0 Å². The zero-order valence-electron chi connectivity index (χ0n) is 10.1. The second-order valence-corrected chi connectivity index (χ2v) is 4.64. The summed E-state index contributed by atoms with van der Waals surface area (Å²) in [6, 6.07) is 8.16. The van der Waals surface area contributed by atoms with Crippen LogP contribution in [-0.4, -0.2) is 31.1 Å². The van der Waals surface area contributed by atoms with E-state index in [9.17, 15) is 0 Å². The molecule has 1 aliphatic heterocycles. The highest BCUT2D eigenvalue weighted by Gasteiger charge is 2.16. The van der Waals surface area contributed by atoms with Gasteiger partial charge in [0.05, 0.1) is 5.56 Å². The molecular weight excluding hydrogens is 212 g/mol. The summed E-state index contributed by atoms with van der Waals surface area (Å²) in [6.07, 6.45) is 2.28. The molecule has 0 unspecified atom stereocenters. The van der Waals surface area contributed by atoms with Crippen molar-refractivity contribution >= 4 is 11.4 Å². The Labute approximate surface area is 102 Å². The molecule has 1 fully saturated rings. The van der Waals surface area contributed by atoms with Crippen molar-refractivity contribution < 1.29 is 0 Å². The summed E-state index contributed by atoms with van der Waals surface area (Å²) < 4.78 is 0. The Morgan fingerprint density at radius 3 is 2.76 bits per heavy atom. The molecule has 1 aliphatic rings. The largest absolute Gasteiger partial charge is 0.398 e. The molecule has 3 N–H and O–H groups in total. The van der Waals surface area contributed by atoms with Crippen LogP contribution in [0.1, 0.15) is 18.4 Å². The number of anilines is 2. The van der Waals surface area contributed by atoms with Crippen molar-refractivity contribution in [1.29, 1.82) is 5.26 Å². The third-order valence-electron chi connectivity index (χ3n) is 3.26. The molecule has 2 rings (SSSR count). The van der Waals surface area contributed by atoms with E-state index in [0.29, 0.717) is 17.3 Å². The van der Waals surface area contributed by atoms with Gasteiger partial charge in [-0.1, -0.05) is 0 Å². The minimum absolute atomic E-state index is 0.501. The van der Waals surface area contributed by atoms with Crippen molar-refractivity contribution in [1.82, 2.24) is 4.90 Å². The maximum absolute atomic E-state index is 8.92. The predicted molar refractivity (Wildman–Crippen MR) is 69.7 cm³/mol. The van der Waals surface area contributed by atoms with Gasteiger partial charge in [0.15, 0.2) is 0 Å². The third-order valence-corrected chi connectivity index (χ3v) is 3.26. The lowest BCUT2D eigenvalue weighted by Gasteiger charge is -2.30. The van der Waals surface area contributed by atoms with Gasteiger partial charge in [0.2, 0.25) is 0 Å². The Balaban J connectivity index is 2.02. The minimum Gasteiger partial charge on any atom is -0.398 e. The van der Waals surface area contributed by atoms with Crippen LogP contribution in [0.25, 0.3) is 0 Å². The summed E-state index contributed by atoms with van der Waals surface area (Å²) in [5, 5.41) is 12.4. The number of nitrogen functional groups attached to an aromatic ring is 1. The zero-order chi connectivity index (χ0) is 12.3. The lowest BCUT2D eigenvalue weighted by Crippen LogP contribution is -2.36. The highest BCUT2D eigenvalue weighted by atomic mass is 15.1. The van der Waals surface area contributed by atoms with Gasteiger partial charge in [-0.15, -0.1) is 0 Å². The molecule has 4 nitrogen and oxygen atoms in total. The quantitative estimate of drug-likeness (QED) is 0.758. The summed E-state index contributed by atoms with van der Waals surface area (Å²) >= 11 is 0. The Morgan fingerprint density at radius 2 is 2.12 bits per heavy atom. The second kappa shape index (κ2) is 5.07. The summed E-state index contributed by atoms with van der Waals surface area (Å²) in [5.74, 6) is 0. The molecule has 0 aromatic heterocycles. The van der Waals surface area contributed by atoms with Crippen LogP contribution in [-0.2, 0) is 0 Å². The monoisotopic (exact) mass is 230 g/mol. The maximum atomic E-state index is 8.92. The van der Waals surface area contributed by atoms with Gasteiger partial charge in [-0.2, -0.15) is 5.26 Å². The van der Waals surface area contributed by atoms with Gasteiger partial charge < -0.3 is 16.0 Å². The van der Waals surface area contributed by atoms with Gasteiger partial charge in [0.1, 0.15) is 6.07 Å². The van der Waals surface area contributed by atoms with Crippen LogP contribution in [0.3, 0.4) is 0 Å². The first-order valence-electron chi connectivity index (χ1n) is 5.94. The summed E-state index contributed by atoms with van der Waals surface area (Å²) in [6.45, 7) is 2.25. The number of piperidine rings is 1. The molecule has 90 valence electrons. The zero-order valence-corrected chi connectivity index (χ0v) is 10.1. The smallest absolute Gasteiger partial charge is 0.101 e. The fourth-order valence-electron chi connectivity index (χ4n) is 2.13. The molecule has 17 heavy (non-hydrogen) atoms. The Hall–Kier alpha value is -1.73. The molecule has 4 heteroatoms. The van der Waals surface area contributed by atoms with Gasteiger partial charge in [-0.3, -0.25) is 0 Å². The van der Waals surface area contributed by atoms with Crippen LogP contribution >= 0.6 is 0 Å². The fraction of sp³-hybridized carbons (Fsp3) is 0.462. The van der Waals surface area contributed by atoms with E-state index in [-0.39, 0.29) is 0 Å². The molecule has 1 aromatic carbocycles. The second-order valence-electron chi connectivity index (χ2n) is 4.64. The van der Waals surface area contributed by atoms with Crippen LogP contribution in [0.5, 0.6) is 0 Å². The molecule has 1 saturated heterocycles. The van der Waals surface area contributed by atoms with Crippen molar-refractivity contribution in [3.63, 3.8) is 0 Å². The number of hydrogen-bond acceptors (Lipinski definition) is 4. The standard InChI is InChI=1S/C13H18N4/c1-17-6-4-11(5-7-17)16-12-2-3-13(15)10(8-12)9-14/h2-3,8,11,16H,4-7,15H2,1H3. The number of hydrogen-bond donors (Lipinski definition) is 2. The Bertz CT molecular complexity index is 428. The molecule has 0 radical (unpaired) electrons. The van der Waals surface area contributed by atoms with E-state index in [4.69, 9.17) is 11.0 Å². The number of nitriles is 1. The van der Waals surface area contributed by atoms with Crippen molar-refractivity contribution in [2.45, 2.75) is 18.9 Å². The number of nitrogens with zero attached hydrogens (tertiary/aromatic N) is 2. The fourth-order valence-corrected chi connectivity index (χ4v) is 2.13. The minimum atomic E-state index is 0.501. The average Bonchev–Trinajstić information content (AvgIpc) is 2.34. The molecule has 0 bridgehead atoms. The first-order chi connectivity index (χ1) is 8.19. The van der Waals surface area contributed by atoms with Gasteiger partial charge in [0.25, 0.3) is 0 Å². The average molecular weight is 230 g/mol. The highest BCUT2D eigenvalue weighted by Crippen LogP contribution is 2.20. The van der Waals surface area contributed by atoms with Crippen molar-refractivity contribution in [2.75, 3.05) is 31.2 Å². The third kappa shape index (κ3) is 2.89. The lowest BCUT2D eigenvalue weighted by atomic mass is 10.0. The SMILES string of the molecule is CN1CCC(Nc2ccc(N)c(C#N)c2)CC1. The molecule has 0 amide bonds. The Morgan fingerprint density at radius 1 is 1.41 bits per heavy atom. The van der Waals surface area contributed by atoms with Gasteiger partial charge >= 0.3 is 0 Å². The van der Waals surface area contributed by atoms with Gasteiger partial charge in [-0.05, 0) is 51.2 Å². The van der Waals surface area contributed by atoms with E-state index in [2.05, 4.69) is 23.3 Å². The molecule has 0 atom stereocenters. The maximum Gasteiger partial charge on any atom is 0.101 e. The van der Waals surface area contributed by atoms with Crippen LogP contribution in [0.2, 0.25) is 0 Å². The molecule has 0 spiro atoms. The van der Waals surface area contributed by atoms with Gasteiger partial charge in [0, 0.05) is 17.4 Å². The van der Waals surface area contributed by atoms with Crippen molar-refractivity contribution in [3.8, 4) is 6.07 Å². The predicted octanol–water partition coefficient (Wildman–Crippen LogP) is 1.65. The van der Waals surface area contributed by atoms with E-state index in [0.717, 1.165) is 31.6 Å². The van der Waals surface area contributed by atoms with Crippen LogP contribution in [0.15, 0.2) is 18.2 Å². The van der Waals surface area contributed by atoms with Crippen LogP contribution in [0, 0.1) is 11.3 Å². The van der Waals surface area contributed by atoms with Crippen molar-refractivity contribution in [3.05, 3.63) is 23.8 Å². The highest BCUT2D eigenvalue weighted by molar-refractivity contribution is 5.62. The van der Waals surface area contributed by atoms with E-state index in [1.54, 1.807) is 6.07 Å². The molecule has 1 aromatic rings. The van der Waals surface area contributed by atoms with Crippen LogP contribution < -0.4 is 11.1 Å². The topological polar surface area (TPSA) is 65.1 Å². The number of nitrogens with two attached hydrogens (primary N) is 1. The van der Waals surface area contributed by atoms with E-state index in [1.807, 2.05) is 12.1 Å². The number of likely N-dealkylation sites (tertiary alicyclic amines) is 1. The normalized spacial score (nSPS) is 17.6. The molecule has 0 saturated carbocycles. The molecular formula is C13H18N4. The first-order valence-corrected chi connectivity index (χ1v) is 5.94. The van der Waals surface area contributed by atoms with E-state index in [1.165, 1.54) is 0 Å². The summed E-state index contributed by atoms with van der Waals surface area (Å²) in [7, 11) is 2.15. The lowest BCUT2D eigenvalue weighted by molar-refractivity contribution is 0.264. The molecule has 1 heterocycles. The number of benzene rings is 1. The number of rotatable bonds is 2. The van der Waals surface area contributed by atoms with E-state index >= 15 is 0 Å². The van der Waals surface area contributed by atoms with E-state index < -0.39 is 0 Å². The first kappa shape index (κ1) is 11.7.